The molecule has 6 heteroatoms. The maximum Gasteiger partial charge on any atom is 0.158 e. The van der Waals surface area contributed by atoms with Crippen LogP contribution in [0.5, 0.6) is 0 Å². The van der Waals surface area contributed by atoms with Gasteiger partial charge in [-0.3, -0.25) is 0 Å². The van der Waals surface area contributed by atoms with E-state index in [0.29, 0.717) is 6.61 Å². The summed E-state index contributed by atoms with van der Waals surface area (Å²) < 4.78 is 5.18. The molecule has 1 fully saturated rings. The Morgan fingerprint density at radius 2 is 2.25 bits per heavy atom. The van der Waals surface area contributed by atoms with E-state index in [-0.39, 0.29) is 0 Å². The van der Waals surface area contributed by atoms with Gasteiger partial charge in [0.2, 0.25) is 0 Å². The highest BCUT2D eigenvalue weighted by Gasteiger charge is 2.14. The normalized spacial score (nSPS) is 16.0. The summed E-state index contributed by atoms with van der Waals surface area (Å²) in [6.45, 7) is 5.66. The van der Waals surface area contributed by atoms with Gasteiger partial charge in [0.15, 0.2) is 5.82 Å². The Labute approximate surface area is 125 Å². The van der Waals surface area contributed by atoms with E-state index in [9.17, 15) is 0 Å². The summed E-state index contributed by atoms with van der Waals surface area (Å²) in [6.07, 6.45) is 2.30. The van der Waals surface area contributed by atoms with Crippen LogP contribution in [0.15, 0.2) is 6.07 Å². The van der Waals surface area contributed by atoms with Crippen molar-refractivity contribution in [3.05, 3.63) is 11.9 Å². The lowest BCUT2D eigenvalue weighted by Gasteiger charge is -2.22. The molecule has 1 aromatic rings. The Balaban J connectivity index is 2.17. The smallest absolute Gasteiger partial charge is 0.158 e. The number of methoxy groups -OCH3 is 1. The number of anilines is 2. The van der Waals surface area contributed by atoms with Crippen LogP contribution in [0, 0.1) is 0 Å². The Bertz CT molecular complexity index is 408. The van der Waals surface area contributed by atoms with E-state index in [0.717, 1.165) is 43.5 Å². The lowest BCUT2D eigenvalue weighted by atomic mass is 10.3. The maximum atomic E-state index is 5.18. The average molecular weight is 296 g/mol. The zero-order valence-corrected chi connectivity index (χ0v) is 13.2. The molecule has 1 N–H and O–H groups in total. The van der Waals surface area contributed by atoms with Crippen molar-refractivity contribution in [2.24, 2.45) is 0 Å². The van der Waals surface area contributed by atoms with Crippen molar-refractivity contribution in [3.63, 3.8) is 0 Å². The molecule has 0 unspecified atom stereocenters. The molecular weight excluding hydrogens is 272 g/mol. The molecule has 1 aromatic heterocycles. The number of ether oxygens (including phenoxy) is 1. The van der Waals surface area contributed by atoms with Crippen molar-refractivity contribution >= 4 is 23.4 Å². The molecule has 1 saturated heterocycles. The predicted octanol–water partition coefficient (Wildman–Crippen LogP) is 2.39. The van der Waals surface area contributed by atoms with E-state index >= 15 is 0 Å². The first kappa shape index (κ1) is 15.4. The minimum atomic E-state index is 0.456. The summed E-state index contributed by atoms with van der Waals surface area (Å²) >= 11 is 2.02. The number of aromatic nitrogens is 2. The average Bonchev–Trinajstić information content (AvgIpc) is 2.74. The molecule has 0 aliphatic carbocycles. The summed E-state index contributed by atoms with van der Waals surface area (Å²) in [5, 5.41) is 3.35. The van der Waals surface area contributed by atoms with Crippen molar-refractivity contribution in [1.82, 2.24) is 9.97 Å². The molecule has 0 amide bonds. The van der Waals surface area contributed by atoms with Gasteiger partial charge in [-0.15, -0.1) is 0 Å². The summed E-state index contributed by atoms with van der Waals surface area (Å²) in [6, 6.07) is 2.06. The fourth-order valence-corrected chi connectivity index (χ4v) is 3.04. The van der Waals surface area contributed by atoms with E-state index in [1.165, 1.54) is 17.9 Å². The van der Waals surface area contributed by atoms with E-state index in [1.807, 2.05) is 11.8 Å². The molecule has 0 aromatic carbocycles. The molecule has 20 heavy (non-hydrogen) atoms. The topological polar surface area (TPSA) is 50.3 Å². The van der Waals surface area contributed by atoms with Crippen LogP contribution in [-0.2, 0) is 11.3 Å². The van der Waals surface area contributed by atoms with Crippen LogP contribution in [-0.4, -0.2) is 48.2 Å². The quantitative estimate of drug-likeness (QED) is 0.870. The largest absolute Gasteiger partial charge is 0.377 e. The standard InChI is InChI=1S/C14H24N4OS/c1-3-5-15-12-10-14(17-13(16-12)11-19-2)18-6-4-8-20-9-7-18/h10H,3-9,11H2,1-2H3,(H,15,16,17). The molecule has 2 heterocycles. The molecule has 0 bridgehead atoms. The van der Waals surface area contributed by atoms with Crippen LogP contribution in [0.2, 0.25) is 0 Å². The van der Waals surface area contributed by atoms with Gasteiger partial charge in [0, 0.05) is 38.6 Å². The van der Waals surface area contributed by atoms with E-state index < -0.39 is 0 Å². The second kappa shape index (κ2) is 8.32. The molecule has 0 radical (unpaired) electrons. The Kier molecular flexibility index (Phi) is 6.39. The zero-order chi connectivity index (χ0) is 14.2. The number of nitrogens with zero attached hydrogens (tertiary/aromatic N) is 3. The fourth-order valence-electron chi connectivity index (χ4n) is 2.16. The fraction of sp³-hybridized carbons (Fsp3) is 0.714. The minimum Gasteiger partial charge on any atom is -0.377 e. The zero-order valence-electron chi connectivity index (χ0n) is 12.4. The molecule has 5 nitrogen and oxygen atoms in total. The van der Waals surface area contributed by atoms with Gasteiger partial charge in [0.05, 0.1) is 0 Å². The predicted molar refractivity (Wildman–Crippen MR) is 85.7 cm³/mol. The number of nitrogens with one attached hydrogen (secondary N) is 1. The van der Waals surface area contributed by atoms with Crippen molar-refractivity contribution < 1.29 is 4.74 Å². The highest BCUT2D eigenvalue weighted by molar-refractivity contribution is 7.99. The lowest BCUT2D eigenvalue weighted by molar-refractivity contribution is 0.178. The lowest BCUT2D eigenvalue weighted by Crippen LogP contribution is -2.27. The minimum absolute atomic E-state index is 0.456. The van der Waals surface area contributed by atoms with Crippen molar-refractivity contribution in [2.75, 3.05) is 48.5 Å². The van der Waals surface area contributed by atoms with E-state index in [4.69, 9.17) is 4.74 Å². The Morgan fingerprint density at radius 1 is 1.35 bits per heavy atom. The molecule has 1 aliphatic rings. The van der Waals surface area contributed by atoms with Crippen LogP contribution in [0.1, 0.15) is 25.6 Å². The second-order valence-corrected chi connectivity index (χ2v) is 6.07. The van der Waals surface area contributed by atoms with Gasteiger partial charge >= 0.3 is 0 Å². The van der Waals surface area contributed by atoms with Gasteiger partial charge in [-0.05, 0) is 18.6 Å². The molecule has 112 valence electrons. The molecule has 1 aliphatic heterocycles. The van der Waals surface area contributed by atoms with Crippen molar-refractivity contribution in [2.45, 2.75) is 26.4 Å². The van der Waals surface area contributed by atoms with Gasteiger partial charge < -0.3 is 15.0 Å². The van der Waals surface area contributed by atoms with Gasteiger partial charge in [-0.25, -0.2) is 9.97 Å². The Morgan fingerprint density at radius 3 is 3.05 bits per heavy atom. The molecule has 0 atom stereocenters. The maximum absolute atomic E-state index is 5.18. The van der Waals surface area contributed by atoms with Crippen LogP contribution in [0.25, 0.3) is 0 Å². The molecule has 2 rings (SSSR count). The molecule has 0 saturated carbocycles. The SMILES string of the molecule is CCCNc1cc(N2CCCSCC2)nc(COC)n1. The number of hydrogen-bond acceptors (Lipinski definition) is 6. The number of rotatable bonds is 6. The summed E-state index contributed by atoms with van der Waals surface area (Å²) in [5.74, 6) is 5.09. The monoisotopic (exact) mass is 296 g/mol. The van der Waals surface area contributed by atoms with Crippen LogP contribution in [0.3, 0.4) is 0 Å². The molecular formula is C14H24N4OS. The Hall–Kier alpha value is -1.01. The van der Waals surface area contributed by atoms with Gasteiger partial charge in [0.25, 0.3) is 0 Å². The van der Waals surface area contributed by atoms with Gasteiger partial charge in [-0.2, -0.15) is 11.8 Å². The van der Waals surface area contributed by atoms with E-state index in [2.05, 4.69) is 33.2 Å². The van der Waals surface area contributed by atoms with Gasteiger partial charge in [-0.1, -0.05) is 6.92 Å². The number of hydrogen-bond donors (Lipinski definition) is 1. The summed E-state index contributed by atoms with van der Waals surface area (Å²) in [7, 11) is 1.68. The summed E-state index contributed by atoms with van der Waals surface area (Å²) in [5.41, 5.74) is 0. The van der Waals surface area contributed by atoms with Crippen LogP contribution >= 0.6 is 11.8 Å². The molecule has 0 spiro atoms. The van der Waals surface area contributed by atoms with Crippen LogP contribution < -0.4 is 10.2 Å². The third-order valence-electron chi connectivity index (χ3n) is 3.13. The highest BCUT2D eigenvalue weighted by Crippen LogP contribution is 2.20. The van der Waals surface area contributed by atoms with Crippen molar-refractivity contribution in [1.29, 1.82) is 0 Å². The first-order valence-electron chi connectivity index (χ1n) is 7.27. The highest BCUT2D eigenvalue weighted by atomic mass is 32.2. The first-order valence-corrected chi connectivity index (χ1v) is 8.42. The third kappa shape index (κ3) is 4.52. The van der Waals surface area contributed by atoms with Crippen LogP contribution in [0.4, 0.5) is 11.6 Å². The summed E-state index contributed by atoms with van der Waals surface area (Å²) in [4.78, 5) is 11.5. The van der Waals surface area contributed by atoms with Crippen molar-refractivity contribution in [3.8, 4) is 0 Å². The van der Waals surface area contributed by atoms with E-state index in [1.54, 1.807) is 7.11 Å². The number of thioether (sulfide) groups is 1. The van der Waals surface area contributed by atoms with Gasteiger partial charge in [0.1, 0.15) is 18.2 Å². The first-order chi connectivity index (χ1) is 9.83. The third-order valence-corrected chi connectivity index (χ3v) is 4.18. The second-order valence-electron chi connectivity index (χ2n) is 4.84.